The lowest BCUT2D eigenvalue weighted by Crippen LogP contribution is -2.40. The van der Waals surface area contributed by atoms with Gasteiger partial charge in [0.05, 0.1) is 0 Å². The molecule has 0 saturated heterocycles. The first-order valence-electron chi connectivity index (χ1n) is 5.03. The molecule has 1 aliphatic carbocycles. The van der Waals surface area contributed by atoms with Crippen LogP contribution >= 0.6 is 0 Å². The summed E-state index contributed by atoms with van der Waals surface area (Å²) in [5, 5.41) is 12.0. The molecule has 6 heteroatoms. The van der Waals surface area contributed by atoms with Gasteiger partial charge in [-0.3, -0.25) is 13.9 Å². The van der Waals surface area contributed by atoms with Crippen LogP contribution in [0, 0.1) is 11.3 Å². The molecule has 1 fully saturated rings. The third kappa shape index (κ3) is 1.50. The Morgan fingerprint density at radius 2 is 1.94 bits per heavy atom. The van der Waals surface area contributed by atoms with Crippen molar-refractivity contribution in [2.24, 2.45) is 14.1 Å². The first-order chi connectivity index (χ1) is 7.56. The molecule has 1 N–H and O–H groups in total. The first kappa shape index (κ1) is 10.5. The minimum absolute atomic E-state index is 0.00324. The van der Waals surface area contributed by atoms with Gasteiger partial charge >= 0.3 is 5.69 Å². The molecule has 0 atom stereocenters. The van der Waals surface area contributed by atoms with Crippen molar-refractivity contribution in [3.63, 3.8) is 0 Å². The summed E-state index contributed by atoms with van der Waals surface area (Å²) in [6, 6.07) is 2.13. The highest BCUT2D eigenvalue weighted by Crippen LogP contribution is 2.24. The summed E-state index contributed by atoms with van der Waals surface area (Å²) in [4.78, 5) is 23.3. The molecule has 0 unspecified atom stereocenters. The molecule has 1 saturated carbocycles. The van der Waals surface area contributed by atoms with Crippen LogP contribution in [0.1, 0.15) is 18.4 Å². The van der Waals surface area contributed by atoms with Gasteiger partial charge in [-0.2, -0.15) is 5.26 Å². The zero-order valence-corrected chi connectivity index (χ0v) is 9.15. The number of nitrogens with zero attached hydrogens (tertiary/aromatic N) is 3. The van der Waals surface area contributed by atoms with E-state index in [1.165, 1.54) is 11.6 Å². The van der Waals surface area contributed by atoms with Crippen LogP contribution in [0.2, 0.25) is 0 Å². The molecule has 0 bridgehead atoms. The molecule has 84 valence electrons. The number of nitriles is 1. The first-order valence-corrected chi connectivity index (χ1v) is 5.03. The Balaban J connectivity index is 2.70. The minimum atomic E-state index is -0.547. The fourth-order valence-corrected chi connectivity index (χ4v) is 1.53. The van der Waals surface area contributed by atoms with Crippen LogP contribution in [-0.2, 0) is 14.1 Å². The van der Waals surface area contributed by atoms with E-state index in [1.807, 2.05) is 6.07 Å². The number of aromatic nitrogens is 2. The lowest BCUT2D eigenvalue weighted by atomic mass is 10.3. The summed E-state index contributed by atoms with van der Waals surface area (Å²) < 4.78 is 2.24. The average molecular weight is 220 g/mol. The molecular formula is C10H12N4O2. The molecule has 2 rings (SSSR count). The quantitative estimate of drug-likeness (QED) is 0.730. The highest BCUT2D eigenvalue weighted by atomic mass is 16.2. The SMILES string of the molecule is Cn1c(NC2CC2)c(C#N)c(=O)n(C)c1=O. The standard InChI is InChI=1S/C10H12N4O2/c1-13-8(12-6-3-4-6)7(5-11)9(15)14(2)10(13)16/h6,12H,3-4H2,1-2H3. The largest absolute Gasteiger partial charge is 0.367 e. The molecule has 0 aliphatic heterocycles. The number of rotatable bonds is 2. The zero-order chi connectivity index (χ0) is 11.9. The topological polar surface area (TPSA) is 79.8 Å². The van der Waals surface area contributed by atoms with Gasteiger partial charge in [-0.05, 0) is 12.8 Å². The number of hydrogen-bond acceptors (Lipinski definition) is 4. The van der Waals surface area contributed by atoms with Crippen molar-refractivity contribution < 1.29 is 0 Å². The normalized spacial score (nSPS) is 14.6. The van der Waals surface area contributed by atoms with Gasteiger partial charge in [0, 0.05) is 20.1 Å². The van der Waals surface area contributed by atoms with Gasteiger partial charge in [-0.1, -0.05) is 0 Å². The Bertz CT molecular complexity index is 587. The number of anilines is 1. The van der Waals surface area contributed by atoms with Crippen molar-refractivity contribution in [2.45, 2.75) is 18.9 Å². The predicted octanol–water partition coefficient (Wildman–Crippen LogP) is -0.470. The van der Waals surface area contributed by atoms with Crippen LogP contribution in [0.5, 0.6) is 0 Å². The van der Waals surface area contributed by atoms with Crippen LogP contribution in [0.4, 0.5) is 5.82 Å². The van der Waals surface area contributed by atoms with Gasteiger partial charge in [0.25, 0.3) is 5.56 Å². The molecule has 0 spiro atoms. The van der Waals surface area contributed by atoms with Gasteiger partial charge < -0.3 is 5.32 Å². The van der Waals surface area contributed by atoms with Crippen LogP contribution < -0.4 is 16.6 Å². The Morgan fingerprint density at radius 1 is 1.31 bits per heavy atom. The third-order valence-electron chi connectivity index (χ3n) is 2.69. The van der Waals surface area contributed by atoms with Crippen LogP contribution in [0.15, 0.2) is 9.59 Å². The van der Waals surface area contributed by atoms with E-state index in [1.54, 1.807) is 7.05 Å². The molecule has 6 nitrogen and oxygen atoms in total. The van der Waals surface area contributed by atoms with E-state index in [4.69, 9.17) is 5.26 Å². The maximum Gasteiger partial charge on any atom is 0.332 e. The summed E-state index contributed by atoms with van der Waals surface area (Å²) in [7, 11) is 2.92. The van der Waals surface area contributed by atoms with Crippen LogP contribution in [0.3, 0.4) is 0 Å². The smallest absolute Gasteiger partial charge is 0.332 e. The van der Waals surface area contributed by atoms with Crippen molar-refractivity contribution in [3.8, 4) is 6.07 Å². The van der Waals surface area contributed by atoms with E-state index in [0.717, 1.165) is 17.4 Å². The van der Waals surface area contributed by atoms with Crippen molar-refractivity contribution >= 4 is 5.82 Å². The van der Waals surface area contributed by atoms with Crippen molar-refractivity contribution in [1.29, 1.82) is 5.26 Å². The maximum atomic E-state index is 11.7. The predicted molar refractivity (Wildman–Crippen MR) is 58.3 cm³/mol. The van der Waals surface area contributed by atoms with Gasteiger partial charge in [0.2, 0.25) is 0 Å². The Labute approximate surface area is 91.7 Å². The summed E-state index contributed by atoms with van der Waals surface area (Å²) >= 11 is 0. The van der Waals surface area contributed by atoms with Gasteiger partial charge in [-0.15, -0.1) is 0 Å². The average Bonchev–Trinajstić information content (AvgIpc) is 3.07. The van der Waals surface area contributed by atoms with Crippen LogP contribution in [-0.4, -0.2) is 15.2 Å². The van der Waals surface area contributed by atoms with Gasteiger partial charge in [-0.25, -0.2) is 4.79 Å². The number of nitrogens with one attached hydrogen (secondary N) is 1. The summed E-state index contributed by atoms with van der Waals surface area (Å²) in [6.45, 7) is 0. The molecule has 1 aliphatic rings. The Hall–Kier alpha value is -2.03. The fourth-order valence-electron chi connectivity index (χ4n) is 1.53. The molecular weight excluding hydrogens is 208 g/mol. The Morgan fingerprint density at radius 3 is 2.44 bits per heavy atom. The molecule has 0 aromatic carbocycles. The zero-order valence-electron chi connectivity index (χ0n) is 9.15. The highest BCUT2D eigenvalue weighted by Gasteiger charge is 2.25. The van der Waals surface area contributed by atoms with Crippen molar-refractivity contribution in [3.05, 3.63) is 26.4 Å². The number of hydrogen-bond donors (Lipinski definition) is 1. The van der Waals surface area contributed by atoms with Gasteiger partial charge in [0.1, 0.15) is 11.9 Å². The van der Waals surface area contributed by atoms with Crippen LogP contribution in [0.25, 0.3) is 0 Å². The summed E-state index contributed by atoms with van der Waals surface area (Å²) in [5.74, 6) is 0.332. The maximum absolute atomic E-state index is 11.7. The molecule has 1 aromatic rings. The molecule has 0 amide bonds. The monoisotopic (exact) mass is 220 g/mol. The Kier molecular flexibility index (Phi) is 2.31. The molecule has 1 heterocycles. The van der Waals surface area contributed by atoms with E-state index in [2.05, 4.69) is 5.32 Å². The van der Waals surface area contributed by atoms with E-state index >= 15 is 0 Å². The molecule has 0 radical (unpaired) electrons. The van der Waals surface area contributed by atoms with Gasteiger partial charge in [0.15, 0.2) is 5.56 Å². The summed E-state index contributed by atoms with van der Waals surface area (Å²) in [6.07, 6.45) is 2.02. The van der Waals surface area contributed by atoms with Crippen molar-refractivity contribution in [2.75, 3.05) is 5.32 Å². The minimum Gasteiger partial charge on any atom is -0.367 e. The molecule has 1 aromatic heterocycles. The summed E-state index contributed by atoms with van der Waals surface area (Å²) in [5.41, 5.74) is -0.975. The lowest BCUT2D eigenvalue weighted by molar-refractivity contribution is 0.685. The second-order valence-corrected chi connectivity index (χ2v) is 3.96. The molecule has 16 heavy (non-hydrogen) atoms. The fraction of sp³-hybridized carbons (Fsp3) is 0.500. The lowest BCUT2D eigenvalue weighted by Gasteiger charge is -2.12. The second-order valence-electron chi connectivity index (χ2n) is 3.96. The van der Waals surface area contributed by atoms with E-state index in [-0.39, 0.29) is 11.6 Å². The van der Waals surface area contributed by atoms with E-state index in [9.17, 15) is 9.59 Å². The second kappa shape index (κ2) is 3.52. The van der Waals surface area contributed by atoms with Crippen molar-refractivity contribution in [1.82, 2.24) is 9.13 Å². The highest BCUT2D eigenvalue weighted by molar-refractivity contribution is 5.52. The van der Waals surface area contributed by atoms with E-state index in [0.29, 0.717) is 5.82 Å². The van der Waals surface area contributed by atoms with E-state index < -0.39 is 11.2 Å². The third-order valence-corrected chi connectivity index (χ3v) is 2.69.